The molecule has 0 radical (unpaired) electrons. The molecule has 1 saturated heterocycles. The van der Waals surface area contributed by atoms with Crippen LogP contribution < -0.4 is 15.0 Å². The Morgan fingerprint density at radius 1 is 1.53 bits per heavy atom. The topological polar surface area (TPSA) is 41.6 Å². The summed E-state index contributed by atoms with van der Waals surface area (Å²) in [5, 5.41) is 3.02. The summed E-state index contributed by atoms with van der Waals surface area (Å²) in [4.78, 5) is 12.9. The quantitative estimate of drug-likeness (QED) is 0.755. The Hall–Kier alpha value is -1.62. The fourth-order valence-corrected chi connectivity index (χ4v) is 1.71. The SMILES string of the molecule is COc1cccc(N2CC(=O)NC2=S)c1. The zero-order valence-electron chi connectivity index (χ0n) is 8.19. The van der Waals surface area contributed by atoms with Crippen molar-refractivity contribution in [3.63, 3.8) is 0 Å². The van der Waals surface area contributed by atoms with E-state index in [2.05, 4.69) is 5.32 Å². The summed E-state index contributed by atoms with van der Waals surface area (Å²) in [6, 6.07) is 7.43. The molecule has 5 heteroatoms. The van der Waals surface area contributed by atoms with E-state index in [-0.39, 0.29) is 12.5 Å². The number of benzene rings is 1. The normalized spacial score (nSPS) is 15.4. The lowest BCUT2D eigenvalue weighted by molar-refractivity contribution is -0.117. The van der Waals surface area contributed by atoms with Gasteiger partial charge in [0.15, 0.2) is 5.11 Å². The van der Waals surface area contributed by atoms with Gasteiger partial charge < -0.3 is 15.0 Å². The molecule has 0 saturated carbocycles. The van der Waals surface area contributed by atoms with E-state index in [1.165, 1.54) is 0 Å². The van der Waals surface area contributed by atoms with Crippen LogP contribution in [0.4, 0.5) is 5.69 Å². The van der Waals surface area contributed by atoms with Crippen LogP contribution in [0.5, 0.6) is 5.75 Å². The van der Waals surface area contributed by atoms with Crippen LogP contribution in [0.3, 0.4) is 0 Å². The molecule has 0 aromatic heterocycles. The van der Waals surface area contributed by atoms with Crippen molar-refractivity contribution in [2.24, 2.45) is 0 Å². The largest absolute Gasteiger partial charge is 0.497 e. The number of amides is 1. The number of ether oxygens (including phenoxy) is 1. The van der Waals surface area contributed by atoms with Crippen molar-refractivity contribution in [3.05, 3.63) is 24.3 Å². The van der Waals surface area contributed by atoms with Crippen LogP contribution in [0.2, 0.25) is 0 Å². The fourth-order valence-electron chi connectivity index (χ4n) is 1.43. The van der Waals surface area contributed by atoms with Gasteiger partial charge in [-0.25, -0.2) is 0 Å². The van der Waals surface area contributed by atoms with Crippen LogP contribution in [0, 0.1) is 0 Å². The third-order valence-electron chi connectivity index (χ3n) is 2.16. The zero-order valence-corrected chi connectivity index (χ0v) is 9.00. The number of carbonyl (C=O) groups is 1. The summed E-state index contributed by atoms with van der Waals surface area (Å²) < 4.78 is 5.10. The number of thiocarbonyl (C=S) groups is 1. The van der Waals surface area contributed by atoms with Crippen molar-refractivity contribution < 1.29 is 9.53 Å². The average molecular weight is 222 g/mol. The number of hydrogen-bond donors (Lipinski definition) is 1. The first-order valence-corrected chi connectivity index (χ1v) is 4.87. The van der Waals surface area contributed by atoms with E-state index in [9.17, 15) is 4.79 Å². The van der Waals surface area contributed by atoms with E-state index in [0.717, 1.165) is 11.4 Å². The van der Waals surface area contributed by atoms with Crippen molar-refractivity contribution in [2.45, 2.75) is 0 Å². The van der Waals surface area contributed by atoms with Crippen LogP contribution in [-0.2, 0) is 4.79 Å². The number of nitrogens with zero attached hydrogens (tertiary/aromatic N) is 1. The number of hydrogen-bond acceptors (Lipinski definition) is 3. The summed E-state index contributed by atoms with van der Waals surface area (Å²) in [6.07, 6.45) is 0. The first-order valence-electron chi connectivity index (χ1n) is 4.46. The van der Waals surface area contributed by atoms with E-state index < -0.39 is 0 Å². The Bertz CT molecular complexity index is 420. The van der Waals surface area contributed by atoms with Crippen molar-refractivity contribution in [1.29, 1.82) is 0 Å². The highest BCUT2D eigenvalue weighted by molar-refractivity contribution is 7.80. The molecule has 1 fully saturated rings. The first-order chi connectivity index (χ1) is 7.20. The third kappa shape index (κ3) is 1.92. The Labute approximate surface area is 92.8 Å². The predicted octanol–water partition coefficient (Wildman–Crippen LogP) is 0.916. The smallest absolute Gasteiger partial charge is 0.246 e. The molecule has 78 valence electrons. The second-order valence-corrected chi connectivity index (χ2v) is 3.53. The molecule has 0 bridgehead atoms. The molecule has 1 amide bonds. The fraction of sp³-hybridized carbons (Fsp3) is 0.200. The molecule has 0 atom stereocenters. The molecule has 1 aliphatic rings. The Balaban J connectivity index is 2.29. The molecule has 1 heterocycles. The number of carbonyl (C=O) groups excluding carboxylic acids is 1. The lowest BCUT2D eigenvalue weighted by atomic mass is 10.3. The summed E-state index contributed by atoms with van der Waals surface area (Å²) >= 11 is 5.03. The molecule has 0 spiro atoms. The average Bonchev–Trinajstić information content (AvgIpc) is 2.58. The maximum atomic E-state index is 11.1. The van der Waals surface area contributed by atoms with Gasteiger partial charge in [-0.2, -0.15) is 0 Å². The number of nitrogens with one attached hydrogen (secondary N) is 1. The van der Waals surface area contributed by atoms with Gasteiger partial charge >= 0.3 is 0 Å². The van der Waals surface area contributed by atoms with Crippen LogP contribution in [0.1, 0.15) is 0 Å². The van der Waals surface area contributed by atoms with Crippen molar-refractivity contribution >= 4 is 28.9 Å². The summed E-state index contributed by atoms with van der Waals surface area (Å²) in [7, 11) is 1.60. The maximum absolute atomic E-state index is 11.1. The summed E-state index contributed by atoms with van der Waals surface area (Å²) in [5.41, 5.74) is 0.859. The number of anilines is 1. The van der Waals surface area contributed by atoms with Crippen LogP contribution in [-0.4, -0.2) is 24.7 Å². The van der Waals surface area contributed by atoms with E-state index in [1.54, 1.807) is 12.0 Å². The third-order valence-corrected chi connectivity index (χ3v) is 2.48. The molecule has 1 aromatic rings. The molecule has 0 unspecified atom stereocenters. The molecule has 1 N–H and O–H groups in total. The lowest BCUT2D eigenvalue weighted by Crippen LogP contribution is -2.27. The van der Waals surface area contributed by atoms with Gasteiger partial charge in [-0.05, 0) is 24.4 Å². The van der Waals surface area contributed by atoms with Crippen molar-refractivity contribution in [3.8, 4) is 5.75 Å². The van der Waals surface area contributed by atoms with E-state index in [4.69, 9.17) is 17.0 Å². The van der Waals surface area contributed by atoms with E-state index >= 15 is 0 Å². The van der Waals surface area contributed by atoms with E-state index in [1.807, 2.05) is 24.3 Å². The van der Waals surface area contributed by atoms with Gasteiger partial charge in [-0.3, -0.25) is 4.79 Å². The second-order valence-electron chi connectivity index (χ2n) is 3.14. The predicted molar refractivity (Wildman–Crippen MR) is 61.1 cm³/mol. The summed E-state index contributed by atoms with van der Waals surface area (Å²) in [6.45, 7) is 0.270. The van der Waals surface area contributed by atoms with Crippen molar-refractivity contribution in [1.82, 2.24) is 5.32 Å². The molecular weight excluding hydrogens is 212 g/mol. The monoisotopic (exact) mass is 222 g/mol. The van der Waals surface area contributed by atoms with Crippen LogP contribution in [0.25, 0.3) is 0 Å². The van der Waals surface area contributed by atoms with Gasteiger partial charge in [0.25, 0.3) is 0 Å². The minimum Gasteiger partial charge on any atom is -0.497 e. The van der Waals surface area contributed by atoms with Gasteiger partial charge in [0.1, 0.15) is 12.3 Å². The molecule has 15 heavy (non-hydrogen) atoms. The molecule has 4 nitrogen and oxygen atoms in total. The van der Waals surface area contributed by atoms with Gasteiger partial charge in [0.05, 0.1) is 7.11 Å². The summed E-state index contributed by atoms with van der Waals surface area (Å²) in [5.74, 6) is 0.664. The Kier molecular flexibility index (Phi) is 2.55. The Morgan fingerprint density at radius 2 is 2.33 bits per heavy atom. The molecule has 1 aromatic carbocycles. The molecular formula is C10H10N2O2S. The second kappa shape index (κ2) is 3.86. The van der Waals surface area contributed by atoms with E-state index in [0.29, 0.717) is 5.11 Å². The first kappa shape index (κ1) is 9.92. The number of methoxy groups -OCH3 is 1. The maximum Gasteiger partial charge on any atom is 0.246 e. The zero-order chi connectivity index (χ0) is 10.8. The number of rotatable bonds is 2. The van der Waals surface area contributed by atoms with Gasteiger partial charge in [-0.15, -0.1) is 0 Å². The highest BCUT2D eigenvalue weighted by atomic mass is 32.1. The standard InChI is InChI=1S/C10H10N2O2S/c1-14-8-4-2-3-7(5-8)12-6-9(13)11-10(12)15/h2-5H,6H2,1H3,(H,11,13,15). The van der Waals surface area contributed by atoms with Gasteiger partial charge in [-0.1, -0.05) is 6.07 Å². The molecule has 2 rings (SSSR count). The highest BCUT2D eigenvalue weighted by Gasteiger charge is 2.24. The molecule has 1 aliphatic heterocycles. The van der Waals surface area contributed by atoms with Crippen LogP contribution >= 0.6 is 12.2 Å². The lowest BCUT2D eigenvalue weighted by Gasteiger charge is -2.15. The van der Waals surface area contributed by atoms with Crippen molar-refractivity contribution in [2.75, 3.05) is 18.6 Å². The highest BCUT2D eigenvalue weighted by Crippen LogP contribution is 2.22. The molecule has 0 aliphatic carbocycles. The van der Waals surface area contributed by atoms with Gasteiger partial charge in [0.2, 0.25) is 5.91 Å². The minimum atomic E-state index is -0.0807. The minimum absolute atomic E-state index is 0.0807. The van der Waals surface area contributed by atoms with Crippen LogP contribution in [0.15, 0.2) is 24.3 Å². The van der Waals surface area contributed by atoms with Gasteiger partial charge in [0, 0.05) is 11.8 Å². The Morgan fingerprint density at radius 3 is 2.93 bits per heavy atom.